The van der Waals surface area contributed by atoms with Gasteiger partial charge in [0.15, 0.2) is 5.96 Å². The molecule has 8 heteroatoms. The Morgan fingerprint density at radius 2 is 2.14 bits per heavy atom. The first-order chi connectivity index (χ1) is 13.2. The van der Waals surface area contributed by atoms with Gasteiger partial charge < -0.3 is 19.7 Å². The molecule has 0 bridgehead atoms. The van der Waals surface area contributed by atoms with Gasteiger partial charge in [0.2, 0.25) is 0 Å². The third-order valence-electron chi connectivity index (χ3n) is 5.03. The Kier molecular flexibility index (Phi) is 10.5. The highest BCUT2D eigenvalue weighted by Crippen LogP contribution is 2.19. The van der Waals surface area contributed by atoms with E-state index in [1.54, 1.807) is 6.07 Å². The van der Waals surface area contributed by atoms with Crippen molar-refractivity contribution in [2.75, 3.05) is 32.8 Å². The molecule has 1 N–H and O–H groups in total. The molecule has 0 radical (unpaired) electrons. The van der Waals surface area contributed by atoms with Crippen LogP contribution in [0, 0.1) is 5.82 Å². The molecule has 2 aliphatic heterocycles. The van der Waals surface area contributed by atoms with Crippen molar-refractivity contribution in [3.8, 4) is 0 Å². The van der Waals surface area contributed by atoms with Crippen LogP contribution >= 0.6 is 39.9 Å². The van der Waals surface area contributed by atoms with Crippen LogP contribution in [-0.2, 0) is 16.0 Å². The zero-order valence-corrected chi connectivity index (χ0v) is 20.2. The Balaban J connectivity index is 0.00000280. The molecular formula is C20H30BrFIN3O2. The lowest BCUT2D eigenvalue weighted by Gasteiger charge is -2.34. The topological polar surface area (TPSA) is 46.1 Å². The highest BCUT2D eigenvalue weighted by Gasteiger charge is 2.24. The van der Waals surface area contributed by atoms with Crippen LogP contribution in [0.2, 0.25) is 0 Å². The molecule has 0 aliphatic carbocycles. The van der Waals surface area contributed by atoms with Gasteiger partial charge in [0.1, 0.15) is 5.82 Å². The Labute approximate surface area is 192 Å². The normalized spacial score (nSPS) is 20.9. The smallest absolute Gasteiger partial charge is 0.194 e. The van der Waals surface area contributed by atoms with E-state index in [1.165, 1.54) is 6.07 Å². The summed E-state index contributed by atoms with van der Waals surface area (Å²) in [7, 11) is 0. The minimum atomic E-state index is -0.231. The standard InChI is InChI=1S/C20H29BrFN3O2.HI/c1-2-23-20(24-13-15-5-6-16(21)12-19(15)22)25-9-7-17(8-10-25)27-14-18-4-3-11-26-18;/h5-6,12,17-18H,2-4,7-11,13-14H2,1H3,(H,23,24);1H. The van der Waals surface area contributed by atoms with Crippen LogP contribution in [0.3, 0.4) is 0 Å². The Morgan fingerprint density at radius 3 is 2.79 bits per heavy atom. The molecule has 1 unspecified atom stereocenters. The molecule has 2 fully saturated rings. The van der Waals surface area contributed by atoms with Crippen LogP contribution in [0.1, 0.15) is 38.2 Å². The van der Waals surface area contributed by atoms with E-state index in [9.17, 15) is 4.39 Å². The minimum absolute atomic E-state index is 0. The molecule has 1 aromatic rings. The van der Waals surface area contributed by atoms with Crippen molar-refractivity contribution in [1.82, 2.24) is 10.2 Å². The van der Waals surface area contributed by atoms with E-state index in [2.05, 4.69) is 31.1 Å². The average molecular weight is 570 g/mol. The Bertz CT molecular complexity index is 636. The van der Waals surface area contributed by atoms with Crippen molar-refractivity contribution in [2.24, 2.45) is 4.99 Å². The fraction of sp³-hybridized carbons (Fsp3) is 0.650. The summed E-state index contributed by atoms with van der Waals surface area (Å²) >= 11 is 3.29. The first-order valence-electron chi connectivity index (χ1n) is 9.86. The minimum Gasteiger partial charge on any atom is -0.376 e. The van der Waals surface area contributed by atoms with Crippen molar-refractivity contribution < 1.29 is 13.9 Å². The van der Waals surface area contributed by atoms with Crippen LogP contribution in [0.25, 0.3) is 0 Å². The fourth-order valence-electron chi connectivity index (χ4n) is 3.49. The van der Waals surface area contributed by atoms with Crippen LogP contribution in [0.4, 0.5) is 4.39 Å². The van der Waals surface area contributed by atoms with E-state index in [-0.39, 0.29) is 42.0 Å². The molecule has 1 aromatic carbocycles. The van der Waals surface area contributed by atoms with Gasteiger partial charge in [-0.05, 0) is 44.7 Å². The van der Waals surface area contributed by atoms with Gasteiger partial charge in [-0.15, -0.1) is 24.0 Å². The summed E-state index contributed by atoms with van der Waals surface area (Å²) in [4.78, 5) is 6.89. The number of benzene rings is 1. The number of nitrogens with zero attached hydrogens (tertiary/aromatic N) is 2. The summed E-state index contributed by atoms with van der Waals surface area (Å²) in [6.07, 6.45) is 4.78. The molecule has 0 aromatic heterocycles. The lowest BCUT2D eigenvalue weighted by molar-refractivity contribution is -0.0367. The summed E-state index contributed by atoms with van der Waals surface area (Å²) in [5.74, 6) is 0.614. The van der Waals surface area contributed by atoms with Gasteiger partial charge in [-0.25, -0.2) is 9.38 Å². The van der Waals surface area contributed by atoms with Crippen molar-refractivity contribution in [3.63, 3.8) is 0 Å². The third kappa shape index (κ3) is 7.11. The molecule has 0 amide bonds. The summed E-state index contributed by atoms with van der Waals surface area (Å²) < 4.78 is 26.4. The maximum Gasteiger partial charge on any atom is 0.194 e. The van der Waals surface area contributed by atoms with Gasteiger partial charge in [-0.1, -0.05) is 22.0 Å². The van der Waals surface area contributed by atoms with Gasteiger partial charge in [0, 0.05) is 36.3 Å². The molecule has 3 rings (SSSR count). The molecule has 28 heavy (non-hydrogen) atoms. The number of hydrogen-bond acceptors (Lipinski definition) is 3. The molecule has 2 aliphatic rings. The maximum absolute atomic E-state index is 14.0. The van der Waals surface area contributed by atoms with Crippen molar-refractivity contribution in [3.05, 3.63) is 34.1 Å². The SMILES string of the molecule is CCNC(=NCc1ccc(Br)cc1F)N1CCC(OCC2CCCO2)CC1.I. The zero-order chi connectivity index (χ0) is 19.1. The van der Waals surface area contributed by atoms with Gasteiger partial charge in [-0.3, -0.25) is 0 Å². The predicted octanol–water partition coefficient (Wildman–Crippen LogP) is 4.33. The van der Waals surface area contributed by atoms with E-state index in [1.807, 2.05) is 13.0 Å². The van der Waals surface area contributed by atoms with Crippen LogP contribution in [0.15, 0.2) is 27.7 Å². The van der Waals surface area contributed by atoms with E-state index in [0.29, 0.717) is 18.7 Å². The molecule has 1 atom stereocenters. The van der Waals surface area contributed by atoms with Crippen molar-refractivity contribution in [2.45, 2.75) is 51.4 Å². The van der Waals surface area contributed by atoms with E-state index in [4.69, 9.17) is 9.47 Å². The van der Waals surface area contributed by atoms with E-state index in [0.717, 1.165) is 62.4 Å². The maximum atomic E-state index is 14.0. The van der Waals surface area contributed by atoms with Crippen molar-refractivity contribution in [1.29, 1.82) is 0 Å². The number of ether oxygens (including phenoxy) is 2. The molecule has 0 spiro atoms. The second-order valence-electron chi connectivity index (χ2n) is 7.06. The second-order valence-corrected chi connectivity index (χ2v) is 7.98. The molecule has 0 saturated carbocycles. The van der Waals surface area contributed by atoms with Crippen LogP contribution in [0.5, 0.6) is 0 Å². The van der Waals surface area contributed by atoms with Crippen LogP contribution < -0.4 is 5.32 Å². The zero-order valence-electron chi connectivity index (χ0n) is 16.3. The summed E-state index contributed by atoms with van der Waals surface area (Å²) in [6.45, 7) is 6.53. The average Bonchev–Trinajstić information content (AvgIpc) is 3.19. The van der Waals surface area contributed by atoms with E-state index >= 15 is 0 Å². The molecule has 2 saturated heterocycles. The number of hydrogen-bond donors (Lipinski definition) is 1. The molecule has 158 valence electrons. The molecule has 2 heterocycles. The summed E-state index contributed by atoms with van der Waals surface area (Å²) in [5.41, 5.74) is 0.600. The lowest BCUT2D eigenvalue weighted by atomic mass is 10.1. The van der Waals surface area contributed by atoms with Gasteiger partial charge >= 0.3 is 0 Å². The van der Waals surface area contributed by atoms with Crippen molar-refractivity contribution >= 4 is 45.9 Å². The highest BCUT2D eigenvalue weighted by molar-refractivity contribution is 14.0. The quantitative estimate of drug-likeness (QED) is 0.315. The van der Waals surface area contributed by atoms with Gasteiger partial charge in [0.05, 0.1) is 25.4 Å². The van der Waals surface area contributed by atoms with Gasteiger partial charge in [0.25, 0.3) is 0 Å². The number of aliphatic imine (C=N–C) groups is 1. The van der Waals surface area contributed by atoms with Gasteiger partial charge in [-0.2, -0.15) is 0 Å². The first-order valence-corrected chi connectivity index (χ1v) is 10.7. The largest absolute Gasteiger partial charge is 0.376 e. The number of nitrogens with one attached hydrogen (secondary N) is 1. The number of guanidine groups is 1. The third-order valence-corrected chi connectivity index (χ3v) is 5.53. The second kappa shape index (κ2) is 12.3. The van der Waals surface area contributed by atoms with E-state index < -0.39 is 0 Å². The monoisotopic (exact) mass is 569 g/mol. The molecule has 5 nitrogen and oxygen atoms in total. The Hall–Kier alpha value is -0.450. The fourth-order valence-corrected chi connectivity index (χ4v) is 3.82. The number of piperidine rings is 1. The first kappa shape index (κ1) is 23.8. The Morgan fingerprint density at radius 1 is 1.36 bits per heavy atom. The molecular weight excluding hydrogens is 540 g/mol. The highest BCUT2D eigenvalue weighted by atomic mass is 127. The predicted molar refractivity (Wildman–Crippen MR) is 124 cm³/mol. The number of rotatable bonds is 6. The van der Waals surface area contributed by atoms with Crippen LogP contribution in [-0.4, -0.2) is 55.9 Å². The lowest BCUT2D eigenvalue weighted by Crippen LogP contribution is -2.47. The summed E-state index contributed by atoms with van der Waals surface area (Å²) in [5, 5.41) is 3.33. The summed E-state index contributed by atoms with van der Waals surface area (Å²) in [6, 6.07) is 5.10. The number of halogens is 3. The number of likely N-dealkylation sites (tertiary alicyclic amines) is 1.